The van der Waals surface area contributed by atoms with Crippen LogP contribution in [0.25, 0.3) is 22.0 Å². The predicted molar refractivity (Wildman–Crippen MR) is 191 cm³/mol. The summed E-state index contributed by atoms with van der Waals surface area (Å²) in [7, 11) is -2.23. The average molecular weight is 822 g/mol. The van der Waals surface area contributed by atoms with Gasteiger partial charge in [-0.05, 0) is 55.9 Å². The molecule has 2 aromatic carbocycles. The highest BCUT2D eigenvalue weighted by Crippen LogP contribution is 2.64. The smallest absolute Gasteiger partial charge is 0.386 e. The second-order valence-corrected chi connectivity index (χ2v) is 16.9. The van der Waals surface area contributed by atoms with Gasteiger partial charge in [-0.2, -0.15) is 32.1 Å². The van der Waals surface area contributed by atoms with E-state index < -0.39 is 86.6 Å². The Balaban J connectivity index is 1.25. The zero-order valence-electron chi connectivity index (χ0n) is 30.4. The lowest BCUT2D eigenvalue weighted by Gasteiger charge is -2.44. The molecule has 21 heteroatoms. The van der Waals surface area contributed by atoms with E-state index in [1.54, 1.807) is 37.1 Å². The Kier molecular flexibility index (Phi) is 8.87. The third-order valence-corrected chi connectivity index (χ3v) is 11.2. The molecule has 3 atom stereocenters. The summed E-state index contributed by atoms with van der Waals surface area (Å²) >= 11 is 0. The number of carbonyl (C=O) groups excluding carboxylic acids is 1. The van der Waals surface area contributed by atoms with Crippen LogP contribution in [0.2, 0.25) is 0 Å². The summed E-state index contributed by atoms with van der Waals surface area (Å²) in [5.41, 5.74) is -3.15. The molecule has 0 radical (unpaired) electrons. The van der Waals surface area contributed by atoms with Gasteiger partial charge in [-0.1, -0.05) is 12.1 Å². The molecule has 2 aliphatic carbocycles. The number of halogens is 7. The number of aromatic nitrogens is 6. The van der Waals surface area contributed by atoms with Crippen molar-refractivity contribution in [3.8, 4) is 11.1 Å². The molecule has 2 fully saturated rings. The number of alkyl halides is 5. The van der Waals surface area contributed by atoms with Gasteiger partial charge in [0.15, 0.2) is 11.5 Å². The lowest BCUT2D eigenvalue weighted by molar-refractivity contribution is -0.144. The van der Waals surface area contributed by atoms with Crippen LogP contribution in [0.3, 0.4) is 0 Å². The van der Waals surface area contributed by atoms with Crippen molar-refractivity contribution in [1.29, 1.82) is 0 Å². The van der Waals surface area contributed by atoms with Crippen LogP contribution in [0.5, 0.6) is 0 Å². The van der Waals surface area contributed by atoms with Crippen LogP contribution < -0.4 is 14.9 Å². The molecular weight excluding hydrogens is 788 g/mol. The number of nitrogens with zero attached hydrogens (tertiary/aromatic N) is 7. The second kappa shape index (κ2) is 13.1. The summed E-state index contributed by atoms with van der Waals surface area (Å²) in [5, 5.41) is 21.3. The van der Waals surface area contributed by atoms with Gasteiger partial charge >= 0.3 is 6.18 Å². The van der Waals surface area contributed by atoms with Crippen LogP contribution in [0.15, 0.2) is 42.6 Å². The maximum Gasteiger partial charge on any atom is 0.435 e. The van der Waals surface area contributed by atoms with Gasteiger partial charge in [0.05, 0.1) is 42.2 Å². The number of hydrogen-bond donors (Lipinski definition) is 3. The van der Waals surface area contributed by atoms with E-state index in [9.17, 15) is 40.3 Å². The fraction of sp³-hybridized carbons (Fsp3) is 0.417. The number of rotatable bonds is 10. The van der Waals surface area contributed by atoms with E-state index in [4.69, 9.17) is 4.98 Å². The molecule has 3 N–H and O–H groups in total. The van der Waals surface area contributed by atoms with Crippen molar-refractivity contribution in [2.75, 3.05) is 29.0 Å². The fourth-order valence-corrected chi connectivity index (χ4v) is 8.75. The number of aliphatic hydroxyl groups is 1. The van der Waals surface area contributed by atoms with Crippen LogP contribution in [0.4, 0.5) is 42.5 Å². The van der Waals surface area contributed by atoms with Gasteiger partial charge in [0.2, 0.25) is 21.9 Å². The van der Waals surface area contributed by atoms with E-state index in [1.165, 1.54) is 10.9 Å². The molecule has 3 aliphatic rings. The minimum atomic E-state index is -5.08. The van der Waals surface area contributed by atoms with Gasteiger partial charge in [0.1, 0.15) is 23.9 Å². The SMILES string of the molecule is Cn1nc(NS(C)(=O)=O)c2cccc(-c3cnc(N4CC(C)(O)C4)nc3[C@H](Cc3cc(F)cc(F)c3)NC(=O)Cn3nc(C(F)(F)F)c4c3C(F)(F)[C@@H]3CC[C@H]43)c21. The molecular formula is C36H34F7N9O4S. The highest BCUT2D eigenvalue weighted by Gasteiger charge is 2.63. The Morgan fingerprint density at radius 3 is 2.39 bits per heavy atom. The Bertz CT molecular complexity index is 2550. The maximum atomic E-state index is 15.6. The molecule has 8 rings (SSSR count). The van der Waals surface area contributed by atoms with Crippen LogP contribution >= 0.6 is 0 Å². The minimum Gasteiger partial charge on any atom is -0.386 e. The Hall–Kier alpha value is -5.31. The fourth-order valence-electron chi connectivity index (χ4n) is 8.25. The highest BCUT2D eigenvalue weighted by molar-refractivity contribution is 7.92. The molecule has 57 heavy (non-hydrogen) atoms. The number of β-amino-alcohol motifs (C(OH)–C–C–N with tert-alkyl or cyclic N) is 1. The van der Waals surface area contributed by atoms with Crippen LogP contribution in [-0.4, -0.2) is 73.9 Å². The lowest BCUT2D eigenvalue weighted by Crippen LogP contribution is -2.60. The molecule has 1 aliphatic heterocycles. The monoisotopic (exact) mass is 821 g/mol. The Labute approximate surface area is 319 Å². The molecule has 4 heterocycles. The standard InChI is InChI=1S/C36H34F7N9O4S/c1-34(54)15-51(16-34)33-44-13-23(20-5-4-6-22-29(20)50(2)48-32(22)49-57(3,55)56)28(46-33)25(11-17-9-18(37)12-19(38)10-17)45-26(53)14-52-31-27(30(47-52)36(41,42)43)21-7-8-24(21)35(31,39)40/h4-6,9-10,12-13,21,24-25,54H,7-8,11,14-16H2,1-3H3,(H,45,53)(H,48,49)/t21-,24+,25-/m0/s1. The predicted octanol–water partition coefficient (Wildman–Crippen LogP) is 5.17. The first kappa shape index (κ1) is 38.6. The third kappa shape index (κ3) is 6.93. The van der Waals surface area contributed by atoms with Crippen molar-refractivity contribution in [1.82, 2.24) is 34.8 Å². The molecule has 302 valence electrons. The lowest BCUT2D eigenvalue weighted by atomic mass is 9.73. The van der Waals surface area contributed by atoms with Gasteiger partial charge in [-0.3, -0.25) is 18.9 Å². The first-order chi connectivity index (χ1) is 26.6. The summed E-state index contributed by atoms with van der Waals surface area (Å²) < 4.78 is 131. The van der Waals surface area contributed by atoms with Crippen molar-refractivity contribution in [2.45, 2.75) is 62.4 Å². The molecule has 1 saturated heterocycles. The first-order valence-electron chi connectivity index (χ1n) is 17.7. The van der Waals surface area contributed by atoms with E-state index in [2.05, 4.69) is 25.2 Å². The summed E-state index contributed by atoms with van der Waals surface area (Å²) in [6, 6.07) is 6.13. The largest absolute Gasteiger partial charge is 0.435 e. The number of carbonyl (C=O) groups is 1. The van der Waals surface area contributed by atoms with E-state index in [-0.39, 0.29) is 60.9 Å². The summed E-state index contributed by atoms with van der Waals surface area (Å²) in [5.74, 6) is -9.00. The maximum absolute atomic E-state index is 15.6. The molecule has 13 nitrogen and oxygen atoms in total. The van der Waals surface area contributed by atoms with Crippen molar-refractivity contribution in [3.63, 3.8) is 0 Å². The first-order valence-corrected chi connectivity index (χ1v) is 19.6. The van der Waals surface area contributed by atoms with Crippen molar-refractivity contribution in [2.24, 2.45) is 13.0 Å². The molecule has 0 unspecified atom stereocenters. The zero-order chi connectivity index (χ0) is 41.0. The van der Waals surface area contributed by atoms with E-state index >= 15 is 8.78 Å². The second-order valence-electron chi connectivity index (χ2n) is 15.2. The number of amides is 1. The van der Waals surface area contributed by atoms with Gasteiger partial charge in [0.25, 0.3) is 5.92 Å². The normalized spacial score (nSPS) is 20.1. The van der Waals surface area contributed by atoms with Crippen molar-refractivity contribution < 1.29 is 49.1 Å². The number of para-hydroxylation sites is 1. The van der Waals surface area contributed by atoms with Crippen molar-refractivity contribution >= 4 is 38.6 Å². The highest BCUT2D eigenvalue weighted by atomic mass is 32.2. The number of aryl methyl sites for hydroxylation is 1. The van der Waals surface area contributed by atoms with Crippen LogP contribution in [0.1, 0.15) is 59.9 Å². The number of fused-ring (bicyclic) bond motifs is 4. The molecule has 5 aromatic rings. The summed E-state index contributed by atoms with van der Waals surface area (Å²) in [6.45, 7) is 0.744. The topological polar surface area (TPSA) is 160 Å². The molecule has 0 spiro atoms. The molecule has 0 bridgehead atoms. The number of sulfonamides is 1. The van der Waals surface area contributed by atoms with Crippen LogP contribution in [-0.2, 0) is 46.9 Å². The average Bonchev–Trinajstić information content (AvgIpc) is 3.63. The summed E-state index contributed by atoms with van der Waals surface area (Å²) in [4.78, 5) is 24.9. The Morgan fingerprint density at radius 1 is 1.07 bits per heavy atom. The van der Waals surface area contributed by atoms with Gasteiger partial charge in [0, 0.05) is 47.3 Å². The number of anilines is 2. The van der Waals surface area contributed by atoms with E-state index in [0.717, 1.165) is 18.4 Å². The Morgan fingerprint density at radius 2 is 1.77 bits per heavy atom. The van der Waals surface area contributed by atoms with Gasteiger partial charge < -0.3 is 15.3 Å². The quantitative estimate of drug-likeness (QED) is 0.162. The number of hydrogen-bond acceptors (Lipinski definition) is 9. The molecule has 3 aromatic heterocycles. The van der Waals surface area contributed by atoms with E-state index in [1.807, 2.05) is 0 Å². The number of nitrogens with one attached hydrogen (secondary N) is 2. The number of benzene rings is 2. The third-order valence-electron chi connectivity index (χ3n) is 10.6. The summed E-state index contributed by atoms with van der Waals surface area (Å²) in [6.07, 6.45) is -2.98. The van der Waals surface area contributed by atoms with Crippen LogP contribution in [0, 0.1) is 17.6 Å². The van der Waals surface area contributed by atoms with Gasteiger partial charge in [-0.25, -0.2) is 27.2 Å². The van der Waals surface area contributed by atoms with Gasteiger partial charge in [-0.15, -0.1) is 0 Å². The zero-order valence-corrected chi connectivity index (χ0v) is 31.2. The minimum absolute atomic E-state index is 0.00259. The van der Waals surface area contributed by atoms with E-state index in [0.29, 0.717) is 27.2 Å². The molecule has 1 amide bonds. The molecule has 1 saturated carbocycles. The van der Waals surface area contributed by atoms with Crippen molar-refractivity contribution in [3.05, 3.63) is 82.4 Å².